The number of hydrogen-bond donors (Lipinski definition) is 2. The molecule has 3 aromatic rings. The summed E-state index contributed by atoms with van der Waals surface area (Å²) in [5.41, 5.74) is 1.76. The van der Waals surface area contributed by atoms with E-state index in [-0.39, 0.29) is 40.6 Å². The van der Waals surface area contributed by atoms with E-state index in [1.165, 1.54) is 19.2 Å². The predicted octanol–water partition coefficient (Wildman–Crippen LogP) is 4.24. The summed E-state index contributed by atoms with van der Waals surface area (Å²) >= 11 is 0. The lowest BCUT2D eigenvalue weighted by molar-refractivity contribution is 0.00176. The largest absolute Gasteiger partial charge is 0.495 e. The molecular formula is C29H38N2O7S2. The predicted molar refractivity (Wildman–Crippen MR) is 154 cm³/mol. The van der Waals surface area contributed by atoms with Gasteiger partial charge in [0.05, 0.1) is 24.2 Å². The molecule has 218 valence electrons. The standard InChI is InChI=1S/C29H38N2O7S2/c1-21(2)37-28(18-23-12-8-6-9-13-23)30-39(32,33)25-16-17-26(36-5)27(20-25)40(34,35)31-29(38-22(3)4)19-24-14-10-7-11-15-24/h6-17,20-22,28-31H,18-19H2,1-5H3. The van der Waals surface area contributed by atoms with Crippen LogP contribution in [-0.4, -0.2) is 48.6 Å². The van der Waals surface area contributed by atoms with Crippen LogP contribution in [-0.2, 0) is 42.4 Å². The monoisotopic (exact) mass is 590 g/mol. The summed E-state index contributed by atoms with van der Waals surface area (Å²) in [6.07, 6.45) is -1.73. The summed E-state index contributed by atoms with van der Waals surface area (Å²) < 4.78 is 76.1. The van der Waals surface area contributed by atoms with Gasteiger partial charge in [0.1, 0.15) is 23.1 Å². The first-order valence-electron chi connectivity index (χ1n) is 13.0. The van der Waals surface area contributed by atoms with E-state index >= 15 is 0 Å². The highest BCUT2D eigenvalue weighted by Gasteiger charge is 2.29. The van der Waals surface area contributed by atoms with Crippen molar-refractivity contribution in [1.29, 1.82) is 0 Å². The Morgan fingerprint density at radius 3 is 1.52 bits per heavy atom. The fourth-order valence-electron chi connectivity index (χ4n) is 4.06. The van der Waals surface area contributed by atoms with Crippen LogP contribution < -0.4 is 14.2 Å². The van der Waals surface area contributed by atoms with E-state index in [0.29, 0.717) is 0 Å². The van der Waals surface area contributed by atoms with E-state index in [0.717, 1.165) is 17.2 Å². The molecule has 0 aromatic heterocycles. The van der Waals surface area contributed by atoms with Gasteiger partial charge in [0.2, 0.25) is 20.0 Å². The zero-order valence-electron chi connectivity index (χ0n) is 23.4. The molecule has 0 amide bonds. The summed E-state index contributed by atoms with van der Waals surface area (Å²) in [5.74, 6) is -0.00581. The minimum absolute atomic E-state index is 0.00581. The van der Waals surface area contributed by atoms with Crippen molar-refractivity contribution in [3.8, 4) is 5.75 Å². The second-order valence-corrected chi connectivity index (χ2v) is 13.2. The lowest BCUT2D eigenvalue weighted by Gasteiger charge is -2.23. The van der Waals surface area contributed by atoms with Gasteiger partial charge in [-0.2, -0.15) is 9.44 Å². The highest BCUT2D eigenvalue weighted by molar-refractivity contribution is 7.90. The van der Waals surface area contributed by atoms with Crippen LogP contribution in [0.4, 0.5) is 0 Å². The number of rotatable bonds is 15. The Kier molecular flexibility index (Phi) is 11.3. The van der Waals surface area contributed by atoms with Crippen molar-refractivity contribution in [2.24, 2.45) is 0 Å². The minimum atomic E-state index is -4.27. The molecule has 2 N–H and O–H groups in total. The summed E-state index contributed by atoms with van der Waals surface area (Å²) in [5, 5.41) is 0. The van der Waals surface area contributed by atoms with E-state index < -0.39 is 32.5 Å². The Bertz CT molecular complexity index is 1430. The molecule has 0 spiro atoms. The molecule has 9 nitrogen and oxygen atoms in total. The summed E-state index contributed by atoms with van der Waals surface area (Å²) in [6.45, 7) is 7.22. The van der Waals surface area contributed by atoms with Crippen LogP contribution in [0, 0.1) is 0 Å². The third-order valence-corrected chi connectivity index (χ3v) is 8.63. The molecule has 0 fully saturated rings. The fourth-order valence-corrected chi connectivity index (χ4v) is 6.59. The van der Waals surface area contributed by atoms with E-state index in [4.69, 9.17) is 14.2 Å². The zero-order valence-corrected chi connectivity index (χ0v) is 25.0. The molecule has 0 bridgehead atoms. The highest BCUT2D eigenvalue weighted by atomic mass is 32.2. The first-order valence-corrected chi connectivity index (χ1v) is 16.0. The number of nitrogens with one attached hydrogen (secondary N) is 2. The van der Waals surface area contributed by atoms with Crippen molar-refractivity contribution >= 4 is 20.0 Å². The van der Waals surface area contributed by atoms with Gasteiger partial charge in [-0.05, 0) is 57.0 Å². The zero-order chi connectivity index (χ0) is 29.3. The first-order chi connectivity index (χ1) is 18.9. The van der Waals surface area contributed by atoms with Crippen LogP contribution in [0.15, 0.2) is 88.7 Å². The van der Waals surface area contributed by atoms with Crippen molar-refractivity contribution in [2.45, 2.75) is 75.0 Å². The van der Waals surface area contributed by atoms with Gasteiger partial charge in [-0.3, -0.25) is 0 Å². The quantitative estimate of drug-likeness (QED) is 0.254. The molecule has 0 saturated carbocycles. The molecule has 2 atom stereocenters. The summed E-state index contributed by atoms with van der Waals surface area (Å²) in [7, 11) is -7.13. The van der Waals surface area contributed by atoms with Crippen molar-refractivity contribution in [2.75, 3.05) is 7.11 Å². The van der Waals surface area contributed by atoms with Crippen molar-refractivity contribution in [3.05, 3.63) is 90.0 Å². The molecule has 11 heteroatoms. The normalized spacial score (nSPS) is 13.9. The molecule has 0 aliphatic heterocycles. The molecule has 0 aliphatic rings. The summed E-state index contributed by atoms with van der Waals surface area (Å²) in [4.78, 5) is -0.573. The van der Waals surface area contributed by atoms with Gasteiger partial charge in [-0.25, -0.2) is 16.8 Å². The molecular weight excluding hydrogens is 552 g/mol. The second kappa shape index (κ2) is 14.2. The minimum Gasteiger partial charge on any atom is -0.495 e. The Hall–Kier alpha value is -2.80. The molecule has 3 rings (SSSR count). The maximum atomic E-state index is 13.6. The Balaban J connectivity index is 1.91. The van der Waals surface area contributed by atoms with Gasteiger partial charge in [0.25, 0.3) is 0 Å². The van der Waals surface area contributed by atoms with Gasteiger partial charge >= 0.3 is 0 Å². The Morgan fingerprint density at radius 1 is 0.650 bits per heavy atom. The molecule has 40 heavy (non-hydrogen) atoms. The smallest absolute Gasteiger partial charge is 0.246 e. The Morgan fingerprint density at radius 2 is 1.10 bits per heavy atom. The van der Waals surface area contributed by atoms with Crippen LogP contribution in [0.3, 0.4) is 0 Å². The molecule has 0 aliphatic carbocycles. The first kappa shape index (κ1) is 31.7. The van der Waals surface area contributed by atoms with Crippen LogP contribution in [0.2, 0.25) is 0 Å². The van der Waals surface area contributed by atoms with Crippen molar-refractivity contribution in [1.82, 2.24) is 9.44 Å². The average molecular weight is 591 g/mol. The van der Waals surface area contributed by atoms with Crippen LogP contribution in [0.5, 0.6) is 5.75 Å². The SMILES string of the molecule is COc1ccc(S(=O)(=O)NC(Cc2ccccc2)OC(C)C)cc1S(=O)(=O)NC(Cc1ccccc1)OC(C)C. The topological polar surface area (TPSA) is 120 Å². The molecule has 0 saturated heterocycles. The van der Waals surface area contributed by atoms with Gasteiger partial charge < -0.3 is 14.2 Å². The maximum Gasteiger partial charge on any atom is 0.246 e. The maximum absolute atomic E-state index is 13.6. The van der Waals surface area contributed by atoms with Gasteiger partial charge in [-0.1, -0.05) is 60.7 Å². The second-order valence-electron chi connectivity index (χ2n) is 9.78. The number of benzene rings is 3. The van der Waals surface area contributed by atoms with Crippen molar-refractivity contribution in [3.63, 3.8) is 0 Å². The van der Waals surface area contributed by atoms with Crippen LogP contribution >= 0.6 is 0 Å². The molecule has 0 heterocycles. The lowest BCUT2D eigenvalue weighted by Crippen LogP contribution is -2.41. The Labute approximate surface area is 238 Å². The van der Waals surface area contributed by atoms with Gasteiger partial charge in [0.15, 0.2) is 0 Å². The number of ether oxygens (including phenoxy) is 3. The number of hydrogen-bond acceptors (Lipinski definition) is 7. The third-order valence-electron chi connectivity index (χ3n) is 5.71. The third kappa shape index (κ3) is 9.39. The van der Waals surface area contributed by atoms with Crippen LogP contribution in [0.25, 0.3) is 0 Å². The molecule has 3 aromatic carbocycles. The average Bonchev–Trinajstić information content (AvgIpc) is 2.88. The highest BCUT2D eigenvalue weighted by Crippen LogP contribution is 2.28. The van der Waals surface area contributed by atoms with E-state index in [2.05, 4.69) is 9.44 Å². The summed E-state index contributed by atoms with van der Waals surface area (Å²) in [6, 6.07) is 22.3. The fraction of sp³-hybridized carbons (Fsp3) is 0.379. The van der Waals surface area contributed by atoms with Gasteiger partial charge in [0, 0.05) is 12.8 Å². The van der Waals surface area contributed by atoms with Gasteiger partial charge in [-0.15, -0.1) is 0 Å². The van der Waals surface area contributed by atoms with E-state index in [9.17, 15) is 16.8 Å². The van der Waals surface area contributed by atoms with E-state index in [1.807, 2.05) is 60.7 Å². The molecule has 2 unspecified atom stereocenters. The lowest BCUT2D eigenvalue weighted by atomic mass is 10.1. The van der Waals surface area contributed by atoms with E-state index in [1.54, 1.807) is 27.7 Å². The molecule has 0 radical (unpaired) electrons. The number of methoxy groups -OCH3 is 1. The van der Waals surface area contributed by atoms with Crippen molar-refractivity contribution < 1.29 is 31.0 Å². The van der Waals surface area contributed by atoms with Crippen LogP contribution in [0.1, 0.15) is 38.8 Å². The number of sulfonamides is 2.